The highest BCUT2D eigenvalue weighted by Gasteiger charge is 2.16. The molecule has 0 fully saturated rings. The summed E-state index contributed by atoms with van der Waals surface area (Å²) in [6, 6.07) is 11.8. The second-order valence-electron chi connectivity index (χ2n) is 5.30. The van der Waals surface area contributed by atoms with E-state index in [4.69, 9.17) is 21.1 Å². The van der Waals surface area contributed by atoms with Crippen molar-refractivity contribution < 1.29 is 19.1 Å². The number of nitrogens with one attached hydrogen (secondary N) is 2. The maximum Gasteiger partial charge on any atom is 0.265 e. The van der Waals surface area contributed by atoms with Crippen molar-refractivity contribution in [1.82, 2.24) is 0 Å². The van der Waals surface area contributed by atoms with Crippen LogP contribution in [0.25, 0.3) is 0 Å². The second-order valence-corrected chi connectivity index (χ2v) is 5.74. The van der Waals surface area contributed by atoms with E-state index in [-0.39, 0.29) is 11.8 Å². The maximum atomic E-state index is 12.3. The lowest BCUT2D eigenvalue weighted by atomic mass is 10.2. The van der Waals surface area contributed by atoms with Crippen molar-refractivity contribution in [1.29, 1.82) is 0 Å². The molecule has 6 nitrogen and oxygen atoms in total. The normalized spacial score (nSPS) is 11.4. The number of halogens is 1. The van der Waals surface area contributed by atoms with Gasteiger partial charge in [-0.1, -0.05) is 17.7 Å². The van der Waals surface area contributed by atoms with Gasteiger partial charge in [0.1, 0.15) is 11.5 Å². The summed E-state index contributed by atoms with van der Waals surface area (Å²) in [7, 11) is 1.50. The average molecular weight is 363 g/mol. The molecule has 2 aromatic carbocycles. The monoisotopic (exact) mass is 362 g/mol. The summed E-state index contributed by atoms with van der Waals surface area (Å²) < 4.78 is 10.8. The summed E-state index contributed by atoms with van der Waals surface area (Å²) >= 11 is 5.90. The Bertz CT molecular complexity index is 779. The highest BCUT2D eigenvalue weighted by Crippen LogP contribution is 2.28. The number of ether oxygens (including phenoxy) is 2. The first-order chi connectivity index (χ1) is 11.9. The van der Waals surface area contributed by atoms with E-state index in [1.165, 1.54) is 14.0 Å². The predicted molar refractivity (Wildman–Crippen MR) is 97.5 cm³/mol. The molecule has 2 rings (SSSR count). The van der Waals surface area contributed by atoms with Crippen LogP contribution in [0.2, 0.25) is 5.02 Å². The lowest BCUT2D eigenvalue weighted by Gasteiger charge is -2.16. The van der Waals surface area contributed by atoms with Gasteiger partial charge in [0.25, 0.3) is 5.91 Å². The van der Waals surface area contributed by atoms with Crippen LogP contribution in [-0.4, -0.2) is 25.0 Å². The average Bonchev–Trinajstić information content (AvgIpc) is 2.54. The first-order valence-electron chi connectivity index (χ1n) is 7.57. The van der Waals surface area contributed by atoms with E-state index in [2.05, 4.69) is 10.6 Å². The molecule has 0 aliphatic heterocycles. The highest BCUT2D eigenvalue weighted by molar-refractivity contribution is 6.30. The Kier molecular flexibility index (Phi) is 6.25. The molecule has 0 radical (unpaired) electrons. The molecule has 132 valence electrons. The smallest absolute Gasteiger partial charge is 0.265 e. The number of benzene rings is 2. The number of amides is 2. The van der Waals surface area contributed by atoms with E-state index in [1.807, 2.05) is 0 Å². The molecule has 0 aromatic heterocycles. The van der Waals surface area contributed by atoms with Crippen molar-refractivity contribution in [2.45, 2.75) is 20.0 Å². The van der Waals surface area contributed by atoms with Gasteiger partial charge in [-0.15, -0.1) is 0 Å². The molecule has 25 heavy (non-hydrogen) atoms. The summed E-state index contributed by atoms with van der Waals surface area (Å²) in [6.07, 6.45) is -0.732. The van der Waals surface area contributed by atoms with Crippen LogP contribution in [0, 0.1) is 0 Å². The zero-order chi connectivity index (χ0) is 18.4. The maximum absolute atomic E-state index is 12.3. The van der Waals surface area contributed by atoms with Gasteiger partial charge in [-0.05, 0) is 43.3 Å². The predicted octanol–water partition coefficient (Wildman–Crippen LogP) is 3.71. The van der Waals surface area contributed by atoms with Gasteiger partial charge in [-0.25, -0.2) is 0 Å². The molecular weight excluding hydrogens is 344 g/mol. The minimum Gasteiger partial charge on any atom is -0.495 e. The van der Waals surface area contributed by atoms with Gasteiger partial charge in [-0.3, -0.25) is 9.59 Å². The Labute approximate surface area is 151 Å². The first kappa shape index (κ1) is 18.6. The van der Waals surface area contributed by atoms with E-state index in [0.717, 1.165) is 0 Å². The zero-order valence-corrected chi connectivity index (χ0v) is 14.9. The number of anilines is 2. The van der Waals surface area contributed by atoms with Gasteiger partial charge in [0.05, 0.1) is 12.8 Å². The van der Waals surface area contributed by atoms with Gasteiger partial charge in [0, 0.05) is 17.6 Å². The number of rotatable bonds is 6. The second kappa shape index (κ2) is 8.39. The molecule has 2 N–H and O–H groups in total. The Morgan fingerprint density at radius 3 is 2.52 bits per heavy atom. The van der Waals surface area contributed by atoms with Crippen LogP contribution < -0.4 is 20.1 Å². The summed E-state index contributed by atoms with van der Waals surface area (Å²) in [5.41, 5.74) is 0.979. The summed E-state index contributed by atoms with van der Waals surface area (Å²) in [5.74, 6) is 0.429. The number of hydrogen-bond acceptors (Lipinski definition) is 4. The molecular formula is C18H19ClN2O4. The number of methoxy groups -OCH3 is 1. The zero-order valence-electron chi connectivity index (χ0n) is 14.1. The standard InChI is InChI=1S/C18H19ClN2O4/c1-11(25-15-6-4-5-13(19)9-15)18(23)21-14-7-8-17(24-3)16(10-14)20-12(2)22/h4-11H,1-3H3,(H,20,22)(H,21,23). The van der Waals surface area contributed by atoms with Gasteiger partial charge < -0.3 is 20.1 Å². The van der Waals surface area contributed by atoms with E-state index >= 15 is 0 Å². The fourth-order valence-corrected chi connectivity index (χ4v) is 2.30. The number of hydrogen-bond donors (Lipinski definition) is 2. The number of carbonyl (C=O) groups excluding carboxylic acids is 2. The fourth-order valence-electron chi connectivity index (χ4n) is 2.11. The van der Waals surface area contributed by atoms with E-state index in [1.54, 1.807) is 49.4 Å². The molecule has 0 aliphatic carbocycles. The summed E-state index contributed by atoms with van der Waals surface area (Å²) in [6.45, 7) is 3.03. The van der Waals surface area contributed by atoms with E-state index < -0.39 is 6.10 Å². The fraction of sp³-hybridized carbons (Fsp3) is 0.222. The van der Waals surface area contributed by atoms with Crippen molar-refractivity contribution in [3.63, 3.8) is 0 Å². The molecule has 0 heterocycles. The quantitative estimate of drug-likeness (QED) is 0.821. The van der Waals surface area contributed by atoms with Crippen LogP contribution in [0.4, 0.5) is 11.4 Å². The van der Waals surface area contributed by atoms with Crippen LogP contribution in [0.1, 0.15) is 13.8 Å². The molecule has 1 atom stereocenters. The third kappa shape index (κ3) is 5.39. The molecule has 0 saturated heterocycles. The molecule has 0 bridgehead atoms. The van der Waals surface area contributed by atoms with Crippen LogP contribution in [0.15, 0.2) is 42.5 Å². The van der Waals surface area contributed by atoms with Crippen LogP contribution in [0.5, 0.6) is 11.5 Å². The van der Waals surface area contributed by atoms with Crippen LogP contribution in [0.3, 0.4) is 0 Å². The first-order valence-corrected chi connectivity index (χ1v) is 7.95. The van der Waals surface area contributed by atoms with E-state index in [0.29, 0.717) is 27.9 Å². The van der Waals surface area contributed by atoms with E-state index in [9.17, 15) is 9.59 Å². The van der Waals surface area contributed by atoms with Crippen molar-refractivity contribution in [2.24, 2.45) is 0 Å². The van der Waals surface area contributed by atoms with Crippen molar-refractivity contribution in [2.75, 3.05) is 17.7 Å². The largest absolute Gasteiger partial charge is 0.495 e. The Balaban J connectivity index is 2.07. The molecule has 0 saturated carbocycles. The molecule has 7 heteroatoms. The lowest BCUT2D eigenvalue weighted by molar-refractivity contribution is -0.122. The lowest BCUT2D eigenvalue weighted by Crippen LogP contribution is -2.30. The van der Waals surface area contributed by atoms with Crippen molar-refractivity contribution in [3.8, 4) is 11.5 Å². The molecule has 0 aliphatic rings. The molecule has 2 amide bonds. The Morgan fingerprint density at radius 2 is 1.88 bits per heavy atom. The van der Waals surface area contributed by atoms with Gasteiger partial charge in [0.15, 0.2) is 6.10 Å². The Morgan fingerprint density at radius 1 is 1.12 bits per heavy atom. The topological polar surface area (TPSA) is 76.7 Å². The van der Waals surface area contributed by atoms with Crippen LogP contribution >= 0.6 is 11.6 Å². The van der Waals surface area contributed by atoms with Crippen molar-refractivity contribution in [3.05, 3.63) is 47.5 Å². The summed E-state index contributed by atoms with van der Waals surface area (Å²) in [5, 5.41) is 5.92. The van der Waals surface area contributed by atoms with Gasteiger partial charge in [-0.2, -0.15) is 0 Å². The third-order valence-corrected chi connectivity index (χ3v) is 3.49. The van der Waals surface area contributed by atoms with Gasteiger partial charge >= 0.3 is 0 Å². The molecule has 0 spiro atoms. The SMILES string of the molecule is COc1ccc(NC(=O)C(C)Oc2cccc(Cl)c2)cc1NC(C)=O. The minimum atomic E-state index is -0.732. The summed E-state index contributed by atoms with van der Waals surface area (Å²) in [4.78, 5) is 23.6. The third-order valence-electron chi connectivity index (χ3n) is 3.26. The Hall–Kier alpha value is -2.73. The highest BCUT2D eigenvalue weighted by atomic mass is 35.5. The molecule has 1 unspecified atom stereocenters. The minimum absolute atomic E-state index is 0.237. The number of carbonyl (C=O) groups is 2. The molecule has 2 aromatic rings. The van der Waals surface area contributed by atoms with Crippen molar-refractivity contribution >= 4 is 34.8 Å². The van der Waals surface area contributed by atoms with Crippen LogP contribution in [-0.2, 0) is 9.59 Å². The van der Waals surface area contributed by atoms with Gasteiger partial charge in [0.2, 0.25) is 5.91 Å².